The summed E-state index contributed by atoms with van der Waals surface area (Å²) in [6.45, 7) is 4.07. The third kappa shape index (κ3) is 6.38. The first kappa shape index (κ1) is 19.8. The molecule has 0 aromatic heterocycles. The maximum Gasteiger partial charge on any atom is 0.370 e. The van der Waals surface area contributed by atoms with Crippen LogP contribution in [0.1, 0.15) is 32.3 Å². The predicted molar refractivity (Wildman–Crippen MR) is 89.9 cm³/mol. The fourth-order valence-electron chi connectivity index (χ4n) is 2.52. The summed E-state index contributed by atoms with van der Waals surface area (Å²) in [5, 5.41) is 9.09. The molecule has 0 aliphatic rings. The summed E-state index contributed by atoms with van der Waals surface area (Å²) >= 11 is 0. The molecule has 0 bridgehead atoms. The second-order valence-corrected chi connectivity index (χ2v) is 6.83. The summed E-state index contributed by atoms with van der Waals surface area (Å²) < 4.78 is 22.7. The Morgan fingerprint density at radius 1 is 1.22 bits per heavy atom. The van der Waals surface area contributed by atoms with E-state index in [4.69, 9.17) is 14.6 Å². The van der Waals surface area contributed by atoms with Gasteiger partial charge >= 0.3 is 13.8 Å². The topological polar surface area (TPSA) is 72.8 Å². The molecule has 2 unspecified atom stereocenters. The first-order chi connectivity index (χ1) is 11.1. The molecule has 1 N–H and O–H groups in total. The van der Waals surface area contributed by atoms with Crippen molar-refractivity contribution in [3.05, 3.63) is 35.9 Å². The van der Waals surface area contributed by atoms with Gasteiger partial charge in [0.05, 0.1) is 6.61 Å². The largest absolute Gasteiger partial charge is 0.464 e. The predicted octanol–water partition coefficient (Wildman–Crippen LogP) is 3.12. The van der Waals surface area contributed by atoms with Gasteiger partial charge in [0.1, 0.15) is 0 Å². The molecule has 128 valence electrons. The Labute approximate surface area is 138 Å². The van der Waals surface area contributed by atoms with E-state index < -0.39 is 25.7 Å². The quantitative estimate of drug-likeness (QED) is 0.494. The zero-order chi connectivity index (χ0) is 17.1. The third-order valence-electron chi connectivity index (χ3n) is 3.55. The lowest BCUT2D eigenvalue weighted by molar-refractivity contribution is -0.170. The van der Waals surface area contributed by atoms with Crippen molar-refractivity contribution in [1.82, 2.24) is 0 Å². The Bertz CT molecular complexity index is 491. The molecule has 0 saturated carbocycles. The van der Waals surface area contributed by atoms with E-state index in [0.29, 0.717) is 19.4 Å². The molecule has 23 heavy (non-hydrogen) atoms. The van der Waals surface area contributed by atoms with Crippen molar-refractivity contribution in [3.8, 4) is 0 Å². The monoisotopic (exact) mass is 341 g/mol. The van der Waals surface area contributed by atoms with Crippen LogP contribution in [0.25, 0.3) is 0 Å². The molecule has 0 saturated heterocycles. The van der Waals surface area contributed by atoms with Gasteiger partial charge in [-0.15, -0.1) is 0 Å². The van der Waals surface area contributed by atoms with E-state index in [-0.39, 0.29) is 12.8 Å². The van der Waals surface area contributed by atoms with Gasteiger partial charge in [0.2, 0.25) is 11.9 Å². The highest BCUT2D eigenvalue weighted by Gasteiger charge is 2.47. The molecule has 1 aromatic rings. The van der Waals surface area contributed by atoms with E-state index in [0.717, 1.165) is 6.42 Å². The molecule has 5 nitrogen and oxygen atoms in total. The number of ether oxygens (including phenoxy) is 2. The molecule has 1 aromatic carbocycles. The number of benzene rings is 1. The third-order valence-corrected chi connectivity index (χ3v) is 4.73. The summed E-state index contributed by atoms with van der Waals surface area (Å²) in [6.07, 6.45) is 1.45. The number of rotatable bonds is 11. The number of hydrogen-bond donors (Lipinski definition) is 1. The normalized spacial score (nSPS) is 14.1. The van der Waals surface area contributed by atoms with Gasteiger partial charge in [0, 0.05) is 6.61 Å². The number of carbonyl (C=O) groups excluding carboxylic acids is 1. The SMILES string of the molecule is CCOC(=O)C(CCCc1ccccc1)(C[P+](=O)CO)OCC. The highest BCUT2D eigenvalue weighted by Crippen LogP contribution is 2.33. The van der Waals surface area contributed by atoms with Crippen molar-refractivity contribution in [3.63, 3.8) is 0 Å². The highest BCUT2D eigenvalue weighted by atomic mass is 31.1. The molecule has 0 spiro atoms. The summed E-state index contributed by atoms with van der Waals surface area (Å²) in [7, 11) is -1.91. The lowest BCUT2D eigenvalue weighted by atomic mass is 9.96. The summed E-state index contributed by atoms with van der Waals surface area (Å²) in [4.78, 5) is 12.4. The molecule has 2 atom stereocenters. The molecule has 0 radical (unpaired) electrons. The minimum atomic E-state index is -1.91. The van der Waals surface area contributed by atoms with Gasteiger partial charge in [-0.3, -0.25) is 0 Å². The van der Waals surface area contributed by atoms with Gasteiger partial charge in [0.25, 0.3) is 0 Å². The molecule has 0 fully saturated rings. The Balaban J connectivity index is 2.82. The van der Waals surface area contributed by atoms with Crippen LogP contribution in [0.2, 0.25) is 0 Å². The lowest BCUT2D eigenvalue weighted by Gasteiger charge is -2.27. The van der Waals surface area contributed by atoms with Crippen LogP contribution in [-0.4, -0.2) is 42.4 Å². The van der Waals surface area contributed by atoms with Crippen LogP contribution < -0.4 is 0 Å². The van der Waals surface area contributed by atoms with Crippen LogP contribution in [0, 0.1) is 0 Å². The maximum absolute atomic E-state index is 12.4. The van der Waals surface area contributed by atoms with Crippen LogP contribution in [0.4, 0.5) is 0 Å². The molecule has 0 aliphatic heterocycles. The summed E-state index contributed by atoms with van der Waals surface area (Å²) in [5.74, 6) is -0.494. The van der Waals surface area contributed by atoms with Gasteiger partial charge in [-0.05, 0) is 38.7 Å². The molecular formula is C17H26O5P+. The summed E-state index contributed by atoms with van der Waals surface area (Å²) in [6, 6.07) is 9.96. The average Bonchev–Trinajstić information content (AvgIpc) is 2.56. The Hall–Kier alpha value is -1.29. The van der Waals surface area contributed by atoms with Gasteiger partial charge in [0.15, 0.2) is 6.16 Å². The zero-order valence-corrected chi connectivity index (χ0v) is 14.8. The molecule has 0 heterocycles. The van der Waals surface area contributed by atoms with Crippen molar-refractivity contribution >= 4 is 13.8 Å². The number of aliphatic hydroxyl groups is 1. The second kappa shape index (κ2) is 10.5. The first-order valence-electron chi connectivity index (χ1n) is 7.96. The van der Waals surface area contributed by atoms with E-state index in [2.05, 4.69) is 0 Å². The average molecular weight is 341 g/mol. The molecule has 1 rings (SSSR count). The Morgan fingerprint density at radius 3 is 2.48 bits per heavy atom. The van der Waals surface area contributed by atoms with Crippen molar-refractivity contribution in [1.29, 1.82) is 0 Å². The molecular weight excluding hydrogens is 315 g/mol. The minimum absolute atomic E-state index is 0.0136. The molecule has 0 aliphatic carbocycles. The van der Waals surface area contributed by atoms with Gasteiger partial charge in [-0.25, -0.2) is 4.79 Å². The fourth-order valence-corrected chi connectivity index (χ4v) is 3.57. The zero-order valence-electron chi connectivity index (χ0n) is 13.9. The Kier molecular flexibility index (Phi) is 9.00. The molecule has 0 amide bonds. The second-order valence-electron chi connectivity index (χ2n) is 5.27. The van der Waals surface area contributed by atoms with E-state index in [1.165, 1.54) is 5.56 Å². The van der Waals surface area contributed by atoms with Gasteiger partial charge in [-0.1, -0.05) is 34.9 Å². The number of esters is 1. The minimum Gasteiger partial charge on any atom is -0.464 e. The van der Waals surface area contributed by atoms with Crippen molar-refractivity contribution in [2.45, 2.75) is 38.7 Å². The van der Waals surface area contributed by atoms with Crippen LogP contribution in [0.3, 0.4) is 0 Å². The maximum atomic E-state index is 12.4. The number of hydrogen-bond acceptors (Lipinski definition) is 5. The van der Waals surface area contributed by atoms with Crippen molar-refractivity contribution in [2.24, 2.45) is 0 Å². The Morgan fingerprint density at radius 2 is 1.91 bits per heavy atom. The van der Waals surface area contributed by atoms with E-state index in [9.17, 15) is 9.36 Å². The van der Waals surface area contributed by atoms with Crippen LogP contribution in [0.5, 0.6) is 0 Å². The number of aryl methyl sites for hydroxylation is 1. The smallest absolute Gasteiger partial charge is 0.370 e. The van der Waals surface area contributed by atoms with Crippen molar-refractivity contribution in [2.75, 3.05) is 25.7 Å². The van der Waals surface area contributed by atoms with Gasteiger partial charge < -0.3 is 14.6 Å². The number of carbonyl (C=O) groups is 1. The van der Waals surface area contributed by atoms with Crippen molar-refractivity contribution < 1.29 is 23.9 Å². The van der Waals surface area contributed by atoms with Crippen LogP contribution in [0.15, 0.2) is 30.3 Å². The van der Waals surface area contributed by atoms with Crippen LogP contribution in [-0.2, 0) is 25.3 Å². The van der Waals surface area contributed by atoms with E-state index >= 15 is 0 Å². The fraction of sp³-hybridized carbons (Fsp3) is 0.588. The first-order valence-corrected chi connectivity index (χ1v) is 9.59. The van der Waals surface area contributed by atoms with Gasteiger partial charge in [-0.2, -0.15) is 0 Å². The van der Waals surface area contributed by atoms with E-state index in [1.807, 2.05) is 30.3 Å². The number of aliphatic hydroxyl groups excluding tert-OH is 1. The van der Waals surface area contributed by atoms with Crippen LogP contribution >= 0.6 is 7.80 Å². The lowest BCUT2D eigenvalue weighted by Crippen LogP contribution is -2.46. The summed E-state index contributed by atoms with van der Waals surface area (Å²) in [5.41, 5.74) is -0.0660. The van der Waals surface area contributed by atoms with E-state index in [1.54, 1.807) is 13.8 Å². The molecule has 6 heteroatoms. The standard InChI is InChI=1S/C17H26O5P/c1-3-21-16(19)17(22-4-2,13-23(20)14-18)12-8-11-15-9-6-5-7-10-15/h5-7,9-10,18H,3-4,8,11-14H2,1-2H3/q+1. The highest BCUT2D eigenvalue weighted by molar-refractivity contribution is 7.44.